The summed E-state index contributed by atoms with van der Waals surface area (Å²) in [6.45, 7) is 0.389. The van der Waals surface area contributed by atoms with E-state index in [4.69, 9.17) is 11.5 Å². The average Bonchev–Trinajstić information content (AvgIpc) is 2.16. The van der Waals surface area contributed by atoms with Crippen LogP contribution in [-0.2, 0) is 9.53 Å². The van der Waals surface area contributed by atoms with Crippen molar-refractivity contribution >= 4 is 30.8 Å². The van der Waals surface area contributed by atoms with Crippen molar-refractivity contribution in [2.24, 2.45) is 11.5 Å². The van der Waals surface area contributed by atoms with Crippen molar-refractivity contribution in [3.05, 3.63) is 0 Å². The number of ether oxygens (including phenoxy) is 1. The minimum absolute atomic E-state index is 0. The molecule has 0 bridgehead atoms. The van der Waals surface area contributed by atoms with Crippen LogP contribution in [0.1, 0.15) is 19.3 Å². The normalized spacial score (nSPS) is 13.4. The molecule has 0 spiro atoms. The zero-order valence-corrected chi connectivity index (χ0v) is 10.6. The molecule has 0 aromatic heterocycles. The molecule has 0 radical (unpaired) electrons. The standard InChI is InChI=1S/C8H16F2N2O2.2ClH/c1-14-7(13)8(12,6(9)10)4-2-3-5-11;;/h6H,2-5,11-12H2,1H3;2*1H. The van der Waals surface area contributed by atoms with Crippen molar-refractivity contribution < 1.29 is 18.3 Å². The highest BCUT2D eigenvalue weighted by molar-refractivity contribution is 5.85. The lowest BCUT2D eigenvalue weighted by molar-refractivity contribution is -0.154. The maximum Gasteiger partial charge on any atom is 0.331 e. The second kappa shape index (κ2) is 10.0. The van der Waals surface area contributed by atoms with E-state index in [9.17, 15) is 13.6 Å². The summed E-state index contributed by atoms with van der Waals surface area (Å²) >= 11 is 0. The van der Waals surface area contributed by atoms with Gasteiger partial charge in [0, 0.05) is 0 Å². The first-order valence-corrected chi connectivity index (χ1v) is 4.34. The van der Waals surface area contributed by atoms with E-state index in [1.54, 1.807) is 0 Å². The third-order valence-corrected chi connectivity index (χ3v) is 2.00. The predicted octanol–water partition coefficient (Wildman–Crippen LogP) is 1.09. The molecule has 1 unspecified atom stereocenters. The second-order valence-electron chi connectivity index (χ2n) is 3.08. The molecule has 0 fully saturated rings. The zero-order chi connectivity index (χ0) is 11.2. The average molecular weight is 283 g/mol. The highest BCUT2D eigenvalue weighted by atomic mass is 35.5. The van der Waals surface area contributed by atoms with E-state index in [0.717, 1.165) is 7.11 Å². The first-order chi connectivity index (χ1) is 6.49. The van der Waals surface area contributed by atoms with Gasteiger partial charge in [-0.1, -0.05) is 0 Å². The van der Waals surface area contributed by atoms with Gasteiger partial charge in [0.05, 0.1) is 7.11 Å². The number of hydrogen-bond donors (Lipinski definition) is 2. The topological polar surface area (TPSA) is 78.3 Å². The molecule has 8 heteroatoms. The first kappa shape index (κ1) is 21.1. The smallest absolute Gasteiger partial charge is 0.331 e. The van der Waals surface area contributed by atoms with Crippen molar-refractivity contribution in [2.45, 2.75) is 31.2 Å². The lowest BCUT2D eigenvalue weighted by Gasteiger charge is -2.25. The third kappa shape index (κ3) is 5.79. The van der Waals surface area contributed by atoms with Crippen LogP contribution in [0.3, 0.4) is 0 Å². The summed E-state index contributed by atoms with van der Waals surface area (Å²) in [6, 6.07) is 0. The van der Waals surface area contributed by atoms with Crippen molar-refractivity contribution in [2.75, 3.05) is 13.7 Å². The maximum absolute atomic E-state index is 12.5. The molecule has 0 saturated carbocycles. The Kier molecular flexibility index (Phi) is 13.2. The van der Waals surface area contributed by atoms with Gasteiger partial charge in [-0.05, 0) is 25.8 Å². The summed E-state index contributed by atoms with van der Waals surface area (Å²) in [4.78, 5) is 11.0. The van der Waals surface area contributed by atoms with Crippen molar-refractivity contribution in [1.82, 2.24) is 0 Å². The van der Waals surface area contributed by atoms with E-state index < -0.39 is 17.9 Å². The van der Waals surface area contributed by atoms with Gasteiger partial charge in [-0.15, -0.1) is 24.8 Å². The number of carbonyl (C=O) groups excluding carboxylic acids is 1. The summed E-state index contributed by atoms with van der Waals surface area (Å²) < 4.78 is 29.2. The molecule has 4 N–H and O–H groups in total. The van der Waals surface area contributed by atoms with Crippen LogP contribution in [0.4, 0.5) is 8.78 Å². The Morgan fingerprint density at radius 1 is 1.38 bits per heavy atom. The molecule has 16 heavy (non-hydrogen) atoms. The summed E-state index contributed by atoms with van der Waals surface area (Å²) in [6.07, 6.45) is -2.10. The minimum atomic E-state index is -2.92. The lowest BCUT2D eigenvalue weighted by atomic mass is 9.94. The van der Waals surface area contributed by atoms with Crippen LogP contribution in [0, 0.1) is 0 Å². The van der Waals surface area contributed by atoms with Crippen LogP contribution in [-0.4, -0.2) is 31.6 Å². The highest BCUT2D eigenvalue weighted by Gasteiger charge is 2.44. The van der Waals surface area contributed by atoms with Gasteiger partial charge in [0.2, 0.25) is 0 Å². The molecule has 0 saturated heterocycles. The lowest BCUT2D eigenvalue weighted by Crippen LogP contribution is -2.54. The van der Waals surface area contributed by atoms with E-state index in [-0.39, 0.29) is 31.2 Å². The first-order valence-electron chi connectivity index (χ1n) is 4.34. The molecule has 100 valence electrons. The van der Waals surface area contributed by atoms with Gasteiger partial charge in [0.1, 0.15) is 0 Å². The Morgan fingerprint density at radius 2 is 1.88 bits per heavy atom. The van der Waals surface area contributed by atoms with Crippen LogP contribution >= 0.6 is 24.8 Å². The molecular formula is C8H18Cl2F2N2O2. The Morgan fingerprint density at radius 3 is 2.19 bits per heavy atom. The van der Waals surface area contributed by atoms with Gasteiger partial charge in [-0.25, -0.2) is 13.6 Å². The second-order valence-corrected chi connectivity index (χ2v) is 3.08. The zero-order valence-electron chi connectivity index (χ0n) is 8.95. The Hall–Kier alpha value is -0.170. The van der Waals surface area contributed by atoms with Crippen molar-refractivity contribution in [3.63, 3.8) is 0 Å². The third-order valence-electron chi connectivity index (χ3n) is 2.00. The monoisotopic (exact) mass is 282 g/mol. The van der Waals surface area contributed by atoms with Crippen LogP contribution in [0.15, 0.2) is 0 Å². The fourth-order valence-corrected chi connectivity index (χ4v) is 1.05. The maximum atomic E-state index is 12.5. The number of hydrogen-bond acceptors (Lipinski definition) is 4. The Labute approximate surface area is 106 Å². The molecule has 0 amide bonds. The highest BCUT2D eigenvalue weighted by Crippen LogP contribution is 2.21. The summed E-state index contributed by atoms with van der Waals surface area (Å²) in [7, 11) is 1.04. The SMILES string of the molecule is COC(=O)C(N)(CCCCN)C(F)F.Cl.Cl. The van der Waals surface area contributed by atoms with Crippen LogP contribution in [0.25, 0.3) is 0 Å². The van der Waals surface area contributed by atoms with E-state index in [1.807, 2.05) is 0 Å². The van der Waals surface area contributed by atoms with E-state index in [0.29, 0.717) is 19.4 Å². The molecule has 0 aromatic carbocycles. The molecule has 0 aliphatic carbocycles. The molecule has 0 aromatic rings. The molecular weight excluding hydrogens is 265 g/mol. The summed E-state index contributed by atoms with van der Waals surface area (Å²) in [5.41, 5.74) is 8.28. The van der Waals surface area contributed by atoms with Gasteiger partial charge >= 0.3 is 5.97 Å². The number of halogens is 4. The molecule has 0 aliphatic rings. The molecule has 0 aliphatic heterocycles. The molecule has 0 rings (SSSR count). The fraction of sp³-hybridized carbons (Fsp3) is 0.875. The van der Waals surface area contributed by atoms with Crippen molar-refractivity contribution in [3.8, 4) is 0 Å². The summed E-state index contributed by atoms with van der Waals surface area (Å²) in [5.74, 6) is -1.08. The van der Waals surface area contributed by atoms with Crippen molar-refractivity contribution in [1.29, 1.82) is 0 Å². The Balaban J connectivity index is -0.000000845. The minimum Gasteiger partial charge on any atom is -0.467 e. The van der Waals surface area contributed by atoms with E-state index >= 15 is 0 Å². The summed E-state index contributed by atoms with van der Waals surface area (Å²) in [5, 5.41) is 0. The number of alkyl halides is 2. The quantitative estimate of drug-likeness (QED) is 0.565. The molecule has 1 atom stereocenters. The molecule has 4 nitrogen and oxygen atoms in total. The number of nitrogens with two attached hydrogens (primary N) is 2. The number of rotatable bonds is 6. The number of carbonyl (C=O) groups is 1. The predicted molar refractivity (Wildman–Crippen MR) is 62.3 cm³/mol. The Bertz CT molecular complexity index is 199. The van der Waals surface area contributed by atoms with Gasteiger partial charge in [-0.2, -0.15) is 0 Å². The number of unbranched alkanes of at least 4 members (excludes halogenated alkanes) is 1. The number of methoxy groups -OCH3 is 1. The van der Waals surface area contributed by atoms with Crippen LogP contribution in [0.5, 0.6) is 0 Å². The van der Waals surface area contributed by atoms with E-state index in [2.05, 4.69) is 4.74 Å². The van der Waals surface area contributed by atoms with Gasteiger partial charge in [0.15, 0.2) is 5.54 Å². The fourth-order valence-electron chi connectivity index (χ4n) is 1.05. The van der Waals surface area contributed by atoms with E-state index in [1.165, 1.54) is 0 Å². The van der Waals surface area contributed by atoms with Gasteiger partial charge < -0.3 is 16.2 Å². The van der Waals surface area contributed by atoms with Crippen LogP contribution < -0.4 is 11.5 Å². The van der Waals surface area contributed by atoms with Gasteiger partial charge in [-0.3, -0.25) is 0 Å². The van der Waals surface area contributed by atoms with Crippen LogP contribution in [0.2, 0.25) is 0 Å². The molecule has 0 heterocycles. The van der Waals surface area contributed by atoms with Gasteiger partial charge in [0.25, 0.3) is 6.43 Å². The largest absolute Gasteiger partial charge is 0.467 e. The number of esters is 1.